The molecule has 0 bridgehead atoms. The SMILES string of the molecule is CC.CC(=N)SC(=N)C(C)Nc1ncnc2c(C3CCC3)cc(-c3ncc(C)s3)cc12. The number of aromatic nitrogens is 3. The van der Waals surface area contributed by atoms with Gasteiger partial charge in [0.1, 0.15) is 17.2 Å². The zero-order chi connectivity index (χ0) is 22.5. The highest BCUT2D eigenvalue weighted by atomic mass is 32.2. The summed E-state index contributed by atoms with van der Waals surface area (Å²) in [5.74, 6) is 1.26. The van der Waals surface area contributed by atoms with Gasteiger partial charge in [-0.2, -0.15) is 0 Å². The van der Waals surface area contributed by atoms with Crippen molar-refractivity contribution in [3.05, 3.63) is 35.1 Å². The van der Waals surface area contributed by atoms with Gasteiger partial charge in [-0.15, -0.1) is 11.3 Å². The summed E-state index contributed by atoms with van der Waals surface area (Å²) in [6, 6.07) is 4.13. The fraction of sp³-hybridized carbons (Fsp3) is 0.435. The molecular formula is C23H30N6S2. The number of hydrogen-bond donors (Lipinski definition) is 3. The molecule has 0 saturated heterocycles. The molecule has 1 aromatic carbocycles. The smallest absolute Gasteiger partial charge is 0.137 e. The Morgan fingerprint density at radius 3 is 2.52 bits per heavy atom. The molecule has 31 heavy (non-hydrogen) atoms. The first-order chi connectivity index (χ1) is 14.9. The minimum atomic E-state index is -0.240. The molecular weight excluding hydrogens is 424 g/mol. The molecule has 0 aliphatic heterocycles. The Labute approximate surface area is 192 Å². The fourth-order valence-corrected chi connectivity index (χ4v) is 4.79. The predicted molar refractivity (Wildman–Crippen MR) is 135 cm³/mol. The van der Waals surface area contributed by atoms with Crippen molar-refractivity contribution < 1.29 is 0 Å². The molecule has 1 saturated carbocycles. The first-order valence-corrected chi connectivity index (χ1v) is 12.3. The van der Waals surface area contributed by atoms with Crippen LogP contribution in [0.5, 0.6) is 0 Å². The van der Waals surface area contributed by atoms with Gasteiger partial charge in [0.15, 0.2) is 0 Å². The second-order valence-corrected chi connectivity index (χ2v) is 9.97. The summed E-state index contributed by atoms with van der Waals surface area (Å²) in [6.07, 6.45) is 7.16. The summed E-state index contributed by atoms with van der Waals surface area (Å²) in [5, 5.41) is 22.0. The van der Waals surface area contributed by atoms with Crippen LogP contribution in [0, 0.1) is 17.7 Å². The minimum absolute atomic E-state index is 0.240. The number of benzene rings is 1. The van der Waals surface area contributed by atoms with E-state index < -0.39 is 0 Å². The summed E-state index contributed by atoms with van der Waals surface area (Å²) in [6.45, 7) is 9.69. The molecule has 1 fully saturated rings. The summed E-state index contributed by atoms with van der Waals surface area (Å²) in [7, 11) is 0. The van der Waals surface area contributed by atoms with Crippen molar-refractivity contribution in [2.45, 2.75) is 65.8 Å². The molecule has 4 rings (SSSR count). The van der Waals surface area contributed by atoms with Gasteiger partial charge in [-0.05, 0) is 57.2 Å². The standard InChI is InChI=1S/C21H24N6S2.C2H6/c1-11-9-24-21(28-11)15-7-16(14-5-4-6-14)18-17(8-15)20(26-10-25-18)27-12(2)19(23)29-13(3)22;1-2/h7-10,12,14,22-23H,4-6H2,1-3H3,(H,25,26,27);1-2H3. The van der Waals surface area contributed by atoms with E-state index in [0.29, 0.717) is 16.0 Å². The van der Waals surface area contributed by atoms with Gasteiger partial charge < -0.3 is 5.32 Å². The first kappa shape index (κ1) is 23.3. The highest BCUT2D eigenvalue weighted by Gasteiger charge is 2.25. The Morgan fingerprint density at radius 1 is 1.19 bits per heavy atom. The van der Waals surface area contributed by atoms with Crippen molar-refractivity contribution in [3.63, 3.8) is 0 Å². The van der Waals surface area contributed by atoms with Crippen LogP contribution in [-0.2, 0) is 0 Å². The Balaban J connectivity index is 0.00000132. The molecule has 1 unspecified atom stereocenters. The maximum absolute atomic E-state index is 8.22. The van der Waals surface area contributed by atoms with Crippen molar-refractivity contribution in [1.82, 2.24) is 15.0 Å². The van der Waals surface area contributed by atoms with E-state index in [1.54, 1.807) is 24.6 Å². The maximum Gasteiger partial charge on any atom is 0.137 e. The molecule has 6 nitrogen and oxygen atoms in total. The van der Waals surface area contributed by atoms with Gasteiger partial charge in [0.2, 0.25) is 0 Å². The third kappa shape index (κ3) is 5.30. The van der Waals surface area contributed by atoms with E-state index in [1.807, 2.05) is 27.0 Å². The molecule has 0 amide bonds. The zero-order valence-corrected chi connectivity index (χ0v) is 20.4. The second kappa shape index (κ2) is 10.3. The number of thioether (sulfide) groups is 1. The third-order valence-corrected chi connectivity index (χ3v) is 7.03. The van der Waals surface area contributed by atoms with Gasteiger partial charge in [-0.1, -0.05) is 32.0 Å². The molecule has 2 heterocycles. The van der Waals surface area contributed by atoms with Crippen LogP contribution in [0.15, 0.2) is 24.7 Å². The number of thiazole rings is 1. The number of aryl methyl sites for hydroxylation is 1. The third-order valence-electron chi connectivity index (χ3n) is 5.19. The largest absolute Gasteiger partial charge is 0.361 e. The van der Waals surface area contributed by atoms with Gasteiger partial charge in [-0.25, -0.2) is 15.0 Å². The molecule has 3 aromatic rings. The van der Waals surface area contributed by atoms with E-state index >= 15 is 0 Å². The molecule has 3 N–H and O–H groups in total. The van der Waals surface area contributed by atoms with Crippen molar-refractivity contribution in [3.8, 4) is 10.6 Å². The molecule has 8 heteroatoms. The van der Waals surface area contributed by atoms with E-state index in [9.17, 15) is 0 Å². The predicted octanol–water partition coefficient (Wildman–Crippen LogP) is 6.86. The normalized spacial score (nSPS) is 14.4. The summed E-state index contributed by atoms with van der Waals surface area (Å²) >= 11 is 2.86. The Kier molecular flexibility index (Phi) is 7.78. The van der Waals surface area contributed by atoms with Crippen LogP contribution in [-0.4, -0.2) is 31.1 Å². The average Bonchev–Trinajstić information content (AvgIpc) is 3.14. The fourth-order valence-electron chi connectivity index (χ4n) is 3.48. The topological polar surface area (TPSA) is 98.4 Å². The van der Waals surface area contributed by atoms with Crippen LogP contribution in [0.25, 0.3) is 21.5 Å². The molecule has 0 radical (unpaired) electrons. The summed E-state index contributed by atoms with van der Waals surface area (Å²) < 4.78 is 0. The first-order valence-electron chi connectivity index (χ1n) is 10.7. The lowest BCUT2D eigenvalue weighted by molar-refractivity contribution is 0.422. The van der Waals surface area contributed by atoms with Gasteiger partial charge in [0.05, 0.1) is 21.6 Å². The number of hydrogen-bond acceptors (Lipinski definition) is 8. The quantitative estimate of drug-likeness (QED) is 0.289. The van der Waals surface area contributed by atoms with Crippen molar-refractivity contribution in [2.75, 3.05) is 5.32 Å². The van der Waals surface area contributed by atoms with E-state index in [-0.39, 0.29) is 6.04 Å². The highest BCUT2D eigenvalue weighted by Crippen LogP contribution is 2.42. The van der Waals surface area contributed by atoms with E-state index in [0.717, 1.165) is 39.1 Å². The minimum Gasteiger partial charge on any atom is -0.361 e. The monoisotopic (exact) mass is 454 g/mol. The van der Waals surface area contributed by atoms with E-state index in [2.05, 4.69) is 39.3 Å². The van der Waals surface area contributed by atoms with Gasteiger partial charge in [-0.3, -0.25) is 10.8 Å². The number of nitrogens with one attached hydrogen (secondary N) is 3. The van der Waals surface area contributed by atoms with Crippen LogP contribution < -0.4 is 5.32 Å². The lowest BCUT2D eigenvalue weighted by Gasteiger charge is -2.27. The Hall–Kier alpha value is -2.32. The van der Waals surface area contributed by atoms with Crippen molar-refractivity contribution >= 4 is 49.9 Å². The number of nitrogens with zero attached hydrogens (tertiary/aromatic N) is 3. The molecule has 1 aliphatic rings. The van der Waals surface area contributed by atoms with Crippen LogP contribution in [0.1, 0.15) is 63.3 Å². The Bertz CT molecular complexity index is 1090. The van der Waals surface area contributed by atoms with E-state index in [4.69, 9.17) is 10.8 Å². The highest BCUT2D eigenvalue weighted by molar-refractivity contribution is 8.26. The van der Waals surface area contributed by atoms with Crippen LogP contribution >= 0.6 is 23.1 Å². The van der Waals surface area contributed by atoms with Crippen molar-refractivity contribution in [1.29, 1.82) is 10.8 Å². The molecule has 164 valence electrons. The van der Waals surface area contributed by atoms with E-state index in [1.165, 1.54) is 29.7 Å². The molecule has 1 atom stereocenters. The van der Waals surface area contributed by atoms with Gasteiger partial charge in [0, 0.05) is 22.0 Å². The summed E-state index contributed by atoms with van der Waals surface area (Å²) in [4.78, 5) is 14.9. The lowest BCUT2D eigenvalue weighted by atomic mass is 9.78. The van der Waals surface area contributed by atoms with Crippen molar-refractivity contribution in [2.24, 2.45) is 0 Å². The number of rotatable bonds is 5. The van der Waals surface area contributed by atoms with Crippen LogP contribution in [0.2, 0.25) is 0 Å². The number of anilines is 1. The Morgan fingerprint density at radius 2 is 1.94 bits per heavy atom. The maximum atomic E-state index is 8.22. The lowest BCUT2D eigenvalue weighted by Crippen LogP contribution is -2.24. The number of fused-ring (bicyclic) bond motifs is 1. The van der Waals surface area contributed by atoms with Gasteiger partial charge >= 0.3 is 0 Å². The average molecular weight is 455 g/mol. The molecule has 1 aliphatic carbocycles. The van der Waals surface area contributed by atoms with Crippen LogP contribution in [0.3, 0.4) is 0 Å². The zero-order valence-electron chi connectivity index (χ0n) is 18.7. The molecule has 0 spiro atoms. The summed E-state index contributed by atoms with van der Waals surface area (Å²) in [5.41, 5.74) is 3.36. The second-order valence-electron chi connectivity index (χ2n) is 7.48. The molecule has 2 aromatic heterocycles. The van der Waals surface area contributed by atoms with Crippen LogP contribution in [0.4, 0.5) is 5.82 Å². The van der Waals surface area contributed by atoms with Gasteiger partial charge in [0.25, 0.3) is 0 Å².